The highest BCUT2D eigenvalue weighted by Crippen LogP contribution is 2.45. The van der Waals surface area contributed by atoms with Crippen LogP contribution in [0.25, 0.3) is 0 Å². The Morgan fingerprint density at radius 3 is 2.65 bits per heavy atom. The van der Waals surface area contributed by atoms with Crippen molar-refractivity contribution in [1.29, 1.82) is 0 Å². The average Bonchev–Trinajstić information content (AvgIpc) is 2.85. The molecule has 2 N–H and O–H groups in total. The van der Waals surface area contributed by atoms with Crippen molar-refractivity contribution in [2.24, 2.45) is 0 Å². The lowest BCUT2D eigenvalue weighted by atomic mass is 9.63. The molecule has 3 rings (SSSR count). The van der Waals surface area contributed by atoms with Crippen molar-refractivity contribution in [2.75, 3.05) is 13.1 Å². The number of rotatable bonds is 3. The molecule has 1 aromatic rings. The van der Waals surface area contributed by atoms with E-state index in [4.69, 9.17) is 23.2 Å². The van der Waals surface area contributed by atoms with Crippen molar-refractivity contribution in [3.8, 4) is 0 Å². The zero-order chi connectivity index (χ0) is 14.2. The summed E-state index contributed by atoms with van der Waals surface area (Å²) < 4.78 is 0. The minimum atomic E-state index is -0.406. The fourth-order valence-electron chi connectivity index (χ4n) is 3.07. The molecule has 1 saturated carbocycles. The van der Waals surface area contributed by atoms with E-state index in [1.54, 1.807) is 6.07 Å². The second-order valence-electron chi connectivity index (χ2n) is 5.73. The Labute approximate surface area is 129 Å². The largest absolute Gasteiger partial charge is 0.351 e. The summed E-state index contributed by atoms with van der Waals surface area (Å²) in [6, 6.07) is 5.81. The lowest BCUT2D eigenvalue weighted by Gasteiger charge is -2.41. The van der Waals surface area contributed by atoms with Crippen LogP contribution in [0, 0.1) is 0 Å². The van der Waals surface area contributed by atoms with Crippen LogP contribution in [0.2, 0.25) is 10.0 Å². The first-order valence-electron chi connectivity index (χ1n) is 7.09. The lowest BCUT2D eigenvalue weighted by molar-refractivity contribution is -0.130. The average molecular weight is 313 g/mol. The summed E-state index contributed by atoms with van der Waals surface area (Å²) in [6.45, 7) is 1.84. The number of hydrogen-bond donors (Lipinski definition) is 2. The first-order chi connectivity index (χ1) is 9.62. The van der Waals surface area contributed by atoms with Gasteiger partial charge in [0.05, 0.1) is 15.5 Å². The van der Waals surface area contributed by atoms with Gasteiger partial charge < -0.3 is 10.6 Å². The molecular weight excluding hydrogens is 295 g/mol. The van der Waals surface area contributed by atoms with Gasteiger partial charge >= 0.3 is 0 Å². The Balaban J connectivity index is 1.82. The van der Waals surface area contributed by atoms with E-state index < -0.39 is 5.41 Å². The van der Waals surface area contributed by atoms with Gasteiger partial charge in [0.1, 0.15) is 0 Å². The normalized spacial score (nSPS) is 24.2. The molecule has 1 amide bonds. The number of amides is 1. The van der Waals surface area contributed by atoms with Gasteiger partial charge in [-0.05, 0) is 43.5 Å². The van der Waals surface area contributed by atoms with Crippen molar-refractivity contribution >= 4 is 29.1 Å². The van der Waals surface area contributed by atoms with Gasteiger partial charge in [0.15, 0.2) is 0 Å². The first kappa shape index (κ1) is 14.2. The summed E-state index contributed by atoms with van der Waals surface area (Å²) in [5.74, 6) is 0.135. The lowest BCUT2D eigenvalue weighted by Crippen LogP contribution is -2.52. The van der Waals surface area contributed by atoms with Gasteiger partial charge in [0.2, 0.25) is 5.91 Å². The topological polar surface area (TPSA) is 41.1 Å². The maximum Gasteiger partial charge on any atom is 0.230 e. The highest BCUT2D eigenvalue weighted by molar-refractivity contribution is 6.42. The summed E-state index contributed by atoms with van der Waals surface area (Å²) in [7, 11) is 0. The molecule has 20 heavy (non-hydrogen) atoms. The molecule has 5 heteroatoms. The van der Waals surface area contributed by atoms with Crippen LogP contribution in [-0.4, -0.2) is 25.0 Å². The fourth-order valence-corrected chi connectivity index (χ4v) is 3.37. The zero-order valence-corrected chi connectivity index (χ0v) is 12.7. The maximum absolute atomic E-state index is 12.7. The standard InChI is InChI=1S/C15H18Cl2N2O/c16-12-3-2-10(8-13(12)17)15(5-1-6-15)14(20)19-11-4-7-18-9-11/h2-3,8,11,18H,1,4-7,9H2,(H,19,20). The van der Waals surface area contributed by atoms with E-state index in [0.29, 0.717) is 10.0 Å². The van der Waals surface area contributed by atoms with Crippen LogP contribution < -0.4 is 10.6 Å². The van der Waals surface area contributed by atoms with Crippen LogP contribution in [-0.2, 0) is 10.2 Å². The smallest absolute Gasteiger partial charge is 0.230 e. The molecule has 1 unspecified atom stereocenters. The van der Waals surface area contributed by atoms with Crippen LogP contribution in [0.4, 0.5) is 0 Å². The van der Waals surface area contributed by atoms with Crippen LogP contribution in [0.15, 0.2) is 18.2 Å². The molecule has 1 atom stereocenters. The third-order valence-electron chi connectivity index (χ3n) is 4.51. The number of halogens is 2. The molecule has 1 aromatic carbocycles. The summed E-state index contributed by atoms with van der Waals surface area (Å²) in [5, 5.41) is 7.50. The quantitative estimate of drug-likeness (QED) is 0.901. The van der Waals surface area contributed by atoms with Crippen LogP contribution in [0.5, 0.6) is 0 Å². The van der Waals surface area contributed by atoms with Crippen molar-refractivity contribution in [3.05, 3.63) is 33.8 Å². The molecule has 2 fully saturated rings. The van der Waals surface area contributed by atoms with Gasteiger partial charge in [-0.15, -0.1) is 0 Å². The third kappa shape index (κ3) is 2.43. The van der Waals surface area contributed by atoms with Gasteiger partial charge in [-0.25, -0.2) is 0 Å². The summed E-state index contributed by atoms with van der Waals surface area (Å²) in [6.07, 6.45) is 3.85. The monoisotopic (exact) mass is 312 g/mol. The maximum atomic E-state index is 12.7. The Hall–Kier alpha value is -0.770. The number of carbonyl (C=O) groups is 1. The Kier molecular flexibility index (Phi) is 3.93. The van der Waals surface area contributed by atoms with E-state index in [2.05, 4.69) is 10.6 Å². The minimum Gasteiger partial charge on any atom is -0.351 e. The van der Waals surface area contributed by atoms with Crippen molar-refractivity contribution in [1.82, 2.24) is 10.6 Å². The van der Waals surface area contributed by atoms with E-state index in [9.17, 15) is 4.79 Å². The summed E-state index contributed by atoms with van der Waals surface area (Å²) >= 11 is 12.1. The highest BCUT2D eigenvalue weighted by Gasteiger charge is 2.46. The molecule has 2 aliphatic rings. The predicted octanol–water partition coefficient (Wildman–Crippen LogP) is 2.89. The summed E-state index contributed by atoms with van der Waals surface area (Å²) in [4.78, 5) is 12.7. The summed E-state index contributed by atoms with van der Waals surface area (Å²) in [5.41, 5.74) is 0.582. The molecule has 108 valence electrons. The number of carbonyl (C=O) groups excluding carboxylic acids is 1. The van der Waals surface area contributed by atoms with E-state index >= 15 is 0 Å². The Morgan fingerprint density at radius 2 is 2.10 bits per heavy atom. The molecule has 3 nitrogen and oxygen atoms in total. The van der Waals surface area contributed by atoms with Gasteiger partial charge in [0, 0.05) is 12.6 Å². The van der Waals surface area contributed by atoms with Gasteiger partial charge in [-0.1, -0.05) is 35.7 Å². The Bertz CT molecular complexity index is 523. The molecule has 0 radical (unpaired) electrons. The SMILES string of the molecule is O=C(NC1CCNC1)C1(c2ccc(Cl)c(Cl)c2)CCC1. The molecule has 1 aliphatic heterocycles. The molecule has 1 saturated heterocycles. The number of hydrogen-bond acceptors (Lipinski definition) is 2. The zero-order valence-electron chi connectivity index (χ0n) is 11.2. The number of nitrogens with one attached hydrogen (secondary N) is 2. The second kappa shape index (κ2) is 5.55. The molecule has 1 aliphatic carbocycles. The van der Waals surface area contributed by atoms with E-state index in [0.717, 1.165) is 44.3 Å². The first-order valence-corrected chi connectivity index (χ1v) is 7.85. The van der Waals surface area contributed by atoms with Gasteiger partial charge in [-0.2, -0.15) is 0 Å². The Morgan fingerprint density at radius 1 is 1.30 bits per heavy atom. The third-order valence-corrected chi connectivity index (χ3v) is 5.25. The number of benzene rings is 1. The van der Waals surface area contributed by atoms with Gasteiger partial charge in [0.25, 0.3) is 0 Å². The van der Waals surface area contributed by atoms with Crippen LogP contribution in [0.1, 0.15) is 31.2 Å². The van der Waals surface area contributed by atoms with Crippen LogP contribution >= 0.6 is 23.2 Å². The van der Waals surface area contributed by atoms with Crippen molar-refractivity contribution in [3.63, 3.8) is 0 Å². The molecular formula is C15H18Cl2N2O. The fraction of sp³-hybridized carbons (Fsp3) is 0.533. The minimum absolute atomic E-state index is 0.135. The predicted molar refractivity (Wildman–Crippen MR) is 81.4 cm³/mol. The van der Waals surface area contributed by atoms with Crippen molar-refractivity contribution < 1.29 is 4.79 Å². The second-order valence-corrected chi connectivity index (χ2v) is 6.54. The molecule has 0 bridgehead atoms. The highest BCUT2D eigenvalue weighted by atomic mass is 35.5. The van der Waals surface area contributed by atoms with E-state index in [-0.39, 0.29) is 11.9 Å². The molecule has 0 aromatic heterocycles. The van der Waals surface area contributed by atoms with E-state index in [1.807, 2.05) is 12.1 Å². The van der Waals surface area contributed by atoms with Crippen LogP contribution in [0.3, 0.4) is 0 Å². The molecule has 0 spiro atoms. The molecule has 1 heterocycles. The van der Waals surface area contributed by atoms with Gasteiger partial charge in [-0.3, -0.25) is 4.79 Å². The van der Waals surface area contributed by atoms with E-state index in [1.165, 1.54) is 0 Å². The van der Waals surface area contributed by atoms with Crippen molar-refractivity contribution in [2.45, 2.75) is 37.1 Å².